The molecule has 0 aliphatic carbocycles. The number of benzene rings is 1. The van der Waals surface area contributed by atoms with Gasteiger partial charge in [-0.3, -0.25) is 9.78 Å². The number of carbonyl (C=O) groups is 1. The molecule has 4 aromatic rings. The number of para-hydroxylation sites is 1. The number of carbonyl (C=O) groups excluding carboxylic acids is 1. The first-order valence-corrected chi connectivity index (χ1v) is 10.2. The zero-order valence-electron chi connectivity index (χ0n) is 15.8. The van der Waals surface area contributed by atoms with Gasteiger partial charge in [0.05, 0.1) is 22.8 Å². The molecule has 4 nitrogen and oxygen atoms in total. The molecule has 3 aromatic heterocycles. The number of fused-ring (bicyclic) bond motifs is 1. The van der Waals surface area contributed by atoms with Crippen LogP contribution in [0, 0.1) is 5.92 Å². The van der Waals surface area contributed by atoms with Crippen LogP contribution in [-0.2, 0) is 0 Å². The largest absolute Gasteiger partial charge is 0.344 e. The van der Waals surface area contributed by atoms with Gasteiger partial charge in [-0.2, -0.15) is 0 Å². The van der Waals surface area contributed by atoms with Crippen molar-refractivity contribution in [2.45, 2.75) is 19.9 Å². The maximum absolute atomic E-state index is 13.3. The van der Waals surface area contributed by atoms with E-state index in [0.29, 0.717) is 5.56 Å². The first-order valence-electron chi connectivity index (χ1n) is 9.28. The molecule has 1 aromatic carbocycles. The number of nitrogens with one attached hydrogen (secondary N) is 1. The van der Waals surface area contributed by atoms with Crippen molar-refractivity contribution in [3.63, 3.8) is 0 Å². The Morgan fingerprint density at radius 1 is 1.07 bits per heavy atom. The molecular formula is C23H21N3OS. The lowest BCUT2D eigenvalue weighted by Gasteiger charge is -2.22. The van der Waals surface area contributed by atoms with Gasteiger partial charge in [0.25, 0.3) is 5.91 Å². The molecule has 0 saturated carbocycles. The highest BCUT2D eigenvalue weighted by Crippen LogP contribution is 2.28. The summed E-state index contributed by atoms with van der Waals surface area (Å²) in [6.45, 7) is 4.24. The average Bonchev–Trinajstić information content (AvgIpc) is 3.26. The third-order valence-corrected chi connectivity index (χ3v) is 5.68. The standard InChI is InChI=1S/C23H21N3OS/c1-15(2)22(21-10-6-12-28-21)26-23(27)18-13-20(16-7-5-11-24-14-16)25-19-9-4-3-8-17(18)19/h3-15,22H,1-2H3,(H,26,27)/t22-/m0/s1. The highest BCUT2D eigenvalue weighted by molar-refractivity contribution is 7.10. The van der Waals surface area contributed by atoms with E-state index in [2.05, 4.69) is 30.2 Å². The smallest absolute Gasteiger partial charge is 0.252 e. The van der Waals surface area contributed by atoms with E-state index < -0.39 is 0 Å². The van der Waals surface area contributed by atoms with E-state index in [9.17, 15) is 4.79 Å². The topological polar surface area (TPSA) is 54.9 Å². The fourth-order valence-corrected chi connectivity index (χ4v) is 4.23. The minimum atomic E-state index is -0.0872. The lowest BCUT2D eigenvalue weighted by atomic mass is 10.0. The molecule has 140 valence electrons. The van der Waals surface area contributed by atoms with Gasteiger partial charge in [0.2, 0.25) is 0 Å². The van der Waals surface area contributed by atoms with Gasteiger partial charge in [0.1, 0.15) is 0 Å². The zero-order chi connectivity index (χ0) is 19.5. The van der Waals surface area contributed by atoms with E-state index in [1.54, 1.807) is 23.7 Å². The first-order chi connectivity index (χ1) is 13.6. The summed E-state index contributed by atoms with van der Waals surface area (Å²) in [5.74, 6) is 0.198. The molecule has 0 saturated heterocycles. The van der Waals surface area contributed by atoms with Gasteiger partial charge in [-0.05, 0) is 41.6 Å². The summed E-state index contributed by atoms with van der Waals surface area (Å²) in [6.07, 6.45) is 3.49. The highest BCUT2D eigenvalue weighted by atomic mass is 32.1. The van der Waals surface area contributed by atoms with Gasteiger partial charge >= 0.3 is 0 Å². The molecule has 0 fully saturated rings. The van der Waals surface area contributed by atoms with Crippen molar-refractivity contribution >= 4 is 28.1 Å². The second-order valence-corrected chi connectivity index (χ2v) is 8.00. The van der Waals surface area contributed by atoms with Crippen LogP contribution < -0.4 is 5.32 Å². The van der Waals surface area contributed by atoms with Gasteiger partial charge < -0.3 is 5.32 Å². The normalized spacial score (nSPS) is 12.2. The Kier molecular flexibility index (Phi) is 5.17. The van der Waals surface area contributed by atoms with E-state index in [4.69, 9.17) is 4.98 Å². The lowest BCUT2D eigenvalue weighted by molar-refractivity contribution is 0.0928. The minimum absolute atomic E-state index is 0.0266. The molecule has 28 heavy (non-hydrogen) atoms. The summed E-state index contributed by atoms with van der Waals surface area (Å²) >= 11 is 1.66. The van der Waals surface area contributed by atoms with Crippen molar-refractivity contribution in [2.24, 2.45) is 5.92 Å². The maximum atomic E-state index is 13.3. The molecule has 1 amide bonds. The zero-order valence-corrected chi connectivity index (χ0v) is 16.6. The molecule has 5 heteroatoms. The Hall–Kier alpha value is -3.05. The fraction of sp³-hybridized carbons (Fsp3) is 0.174. The first kappa shape index (κ1) is 18.3. The van der Waals surface area contributed by atoms with E-state index in [0.717, 1.165) is 27.0 Å². The maximum Gasteiger partial charge on any atom is 0.252 e. The van der Waals surface area contributed by atoms with Gasteiger partial charge in [-0.15, -0.1) is 11.3 Å². The Bertz CT molecular complexity index is 1090. The number of pyridine rings is 2. The van der Waals surface area contributed by atoms with Crippen LogP contribution in [0.2, 0.25) is 0 Å². The van der Waals surface area contributed by atoms with Crippen molar-refractivity contribution < 1.29 is 4.79 Å². The van der Waals surface area contributed by atoms with Crippen molar-refractivity contribution in [3.8, 4) is 11.3 Å². The molecule has 0 unspecified atom stereocenters. The number of hydrogen-bond donors (Lipinski definition) is 1. The lowest BCUT2D eigenvalue weighted by Crippen LogP contribution is -2.31. The summed E-state index contributed by atoms with van der Waals surface area (Å²) in [7, 11) is 0. The third-order valence-electron chi connectivity index (χ3n) is 4.72. The molecule has 1 atom stereocenters. The van der Waals surface area contributed by atoms with Crippen LogP contribution in [0.15, 0.2) is 72.4 Å². The molecule has 0 radical (unpaired) electrons. The van der Waals surface area contributed by atoms with Crippen molar-refractivity contribution in [2.75, 3.05) is 0 Å². The quantitative estimate of drug-likeness (QED) is 0.493. The summed E-state index contributed by atoms with van der Waals surface area (Å²) in [5, 5.41) is 6.12. The van der Waals surface area contributed by atoms with Crippen molar-refractivity contribution in [3.05, 3.63) is 82.8 Å². The predicted octanol–water partition coefficient (Wildman–Crippen LogP) is 5.49. The van der Waals surface area contributed by atoms with Crippen LogP contribution in [-0.4, -0.2) is 15.9 Å². The van der Waals surface area contributed by atoms with Gasteiger partial charge in [0.15, 0.2) is 0 Å². The summed E-state index contributed by atoms with van der Waals surface area (Å²) in [6, 6.07) is 17.5. The second-order valence-electron chi connectivity index (χ2n) is 7.02. The summed E-state index contributed by atoms with van der Waals surface area (Å²) in [5.41, 5.74) is 3.06. The van der Waals surface area contributed by atoms with E-state index in [1.165, 1.54) is 0 Å². The number of thiophene rings is 1. The summed E-state index contributed by atoms with van der Waals surface area (Å²) in [4.78, 5) is 23.4. The van der Waals surface area contributed by atoms with E-state index >= 15 is 0 Å². The predicted molar refractivity (Wildman–Crippen MR) is 114 cm³/mol. The average molecular weight is 388 g/mol. The molecule has 0 aliphatic heterocycles. The van der Waals surface area contributed by atoms with Crippen LogP contribution in [0.3, 0.4) is 0 Å². The molecule has 1 N–H and O–H groups in total. The van der Waals surface area contributed by atoms with Crippen LogP contribution in [0.25, 0.3) is 22.2 Å². The molecule has 4 rings (SSSR count). The minimum Gasteiger partial charge on any atom is -0.344 e. The molecule has 0 bridgehead atoms. The molecule has 0 aliphatic rings. The SMILES string of the molecule is CC(C)[C@H](NC(=O)c1cc(-c2cccnc2)nc2ccccc12)c1cccs1. The molecule has 3 heterocycles. The van der Waals surface area contributed by atoms with Crippen LogP contribution in [0.5, 0.6) is 0 Å². The second kappa shape index (κ2) is 7.90. The van der Waals surface area contributed by atoms with Gasteiger partial charge in [-0.1, -0.05) is 38.1 Å². The van der Waals surface area contributed by atoms with Crippen LogP contribution in [0.4, 0.5) is 0 Å². The number of hydrogen-bond acceptors (Lipinski definition) is 4. The Balaban J connectivity index is 1.77. The van der Waals surface area contributed by atoms with Crippen LogP contribution >= 0.6 is 11.3 Å². The highest BCUT2D eigenvalue weighted by Gasteiger charge is 2.22. The summed E-state index contributed by atoms with van der Waals surface area (Å²) < 4.78 is 0. The van der Waals surface area contributed by atoms with Crippen molar-refractivity contribution in [1.29, 1.82) is 0 Å². The Labute approximate surface area is 168 Å². The number of amides is 1. The van der Waals surface area contributed by atoms with Gasteiger partial charge in [-0.25, -0.2) is 4.98 Å². The Morgan fingerprint density at radius 3 is 2.64 bits per heavy atom. The number of nitrogens with zero attached hydrogens (tertiary/aromatic N) is 2. The van der Waals surface area contributed by atoms with E-state index in [1.807, 2.05) is 53.9 Å². The van der Waals surface area contributed by atoms with Crippen LogP contribution in [0.1, 0.15) is 35.1 Å². The van der Waals surface area contributed by atoms with Crippen molar-refractivity contribution in [1.82, 2.24) is 15.3 Å². The molecular weight excluding hydrogens is 366 g/mol. The third kappa shape index (κ3) is 3.66. The molecule has 0 spiro atoms. The van der Waals surface area contributed by atoms with Gasteiger partial charge in [0, 0.05) is 28.2 Å². The monoisotopic (exact) mass is 387 g/mol. The number of rotatable bonds is 5. The number of aromatic nitrogens is 2. The van der Waals surface area contributed by atoms with E-state index in [-0.39, 0.29) is 17.9 Å². The fourth-order valence-electron chi connectivity index (χ4n) is 3.28. The Morgan fingerprint density at radius 2 is 1.93 bits per heavy atom.